The summed E-state index contributed by atoms with van der Waals surface area (Å²) in [4.78, 5) is 11.7. The van der Waals surface area contributed by atoms with Crippen LogP contribution in [0.25, 0.3) is 0 Å². The topological polar surface area (TPSA) is 46.5 Å². The van der Waals surface area contributed by atoms with Crippen LogP contribution in [0.4, 0.5) is 0 Å². The molecule has 0 aliphatic heterocycles. The summed E-state index contributed by atoms with van der Waals surface area (Å²) in [6.45, 7) is 0. The lowest BCUT2D eigenvalue weighted by molar-refractivity contribution is -0.143. The highest BCUT2D eigenvalue weighted by Gasteiger charge is 2.44. The van der Waals surface area contributed by atoms with Gasteiger partial charge in [-0.3, -0.25) is 4.79 Å². The molecule has 2 fully saturated rings. The minimum atomic E-state index is -0.668. The van der Waals surface area contributed by atoms with Gasteiger partial charge in [0.25, 0.3) is 0 Å². The summed E-state index contributed by atoms with van der Waals surface area (Å²) in [7, 11) is 1.78. The molecule has 3 heteroatoms. The first-order valence-electron chi connectivity index (χ1n) is 7.48. The van der Waals surface area contributed by atoms with Gasteiger partial charge in [0.1, 0.15) is 0 Å². The Morgan fingerprint density at radius 2 is 1.75 bits per heavy atom. The van der Waals surface area contributed by atoms with Crippen LogP contribution in [0, 0.1) is 0 Å². The molecule has 0 saturated heterocycles. The van der Waals surface area contributed by atoms with Gasteiger partial charge in [-0.05, 0) is 36.8 Å². The van der Waals surface area contributed by atoms with Crippen LogP contribution in [0.5, 0.6) is 0 Å². The second-order valence-corrected chi connectivity index (χ2v) is 6.36. The van der Waals surface area contributed by atoms with Crippen molar-refractivity contribution in [3.8, 4) is 0 Å². The minimum Gasteiger partial charge on any atom is -0.481 e. The fourth-order valence-corrected chi connectivity index (χ4v) is 3.51. The van der Waals surface area contributed by atoms with E-state index in [0.29, 0.717) is 0 Å². The molecule has 2 aliphatic carbocycles. The third kappa shape index (κ3) is 2.24. The highest BCUT2D eigenvalue weighted by molar-refractivity contribution is 5.81. The number of methoxy groups -OCH3 is 1. The van der Waals surface area contributed by atoms with Crippen LogP contribution in [-0.4, -0.2) is 23.8 Å². The Morgan fingerprint density at radius 1 is 1.15 bits per heavy atom. The first-order valence-corrected chi connectivity index (χ1v) is 7.48. The van der Waals surface area contributed by atoms with E-state index in [0.717, 1.165) is 50.5 Å². The molecule has 0 spiro atoms. The summed E-state index contributed by atoms with van der Waals surface area (Å²) in [5, 5.41) is 9.60. The van der Waals surface area contributed by atoms with Crippen molar-refractivity contribution >= 4 is 5.97 Å². The molecule has 0 amide bonds. The Kier molecular flexibility index (Phi) is 3.33. The maximum Gasteiger partial charge on any atom is 0.314 e. The molecule has 0 unspecified atom stereocenters. The van der Waals surface area contributed by atoms with Crippen LogP contribution in [0.1, 0.15) is 49.7 Å². The molecule has 3 rings (SSSR count). The van der Waals surface area contributed by atoms with Crippen molar-refractivity contribution in [2.45, 2.75) is 56.0 Å². The largest absolute Gasteiger partial charge is 0.481 e. The van der Waals surface area contributed by atoms with Crippen LogP contribution in [-0.2, 0) is 21.4 Å². The first kappa shape index (κ1) is 13.6. The fourth-order valence-electron chi connectivity index (χ4n) is 3.51. The lowest BCUT2D eigenvalue weighted by atomic mass is 9.78. The van der Waals surface area contributed by atoms with E-state index in [2.05, 4.69) is 12.1 Å². The van der Waals surface area contributed by atoms with Crippen molar-refractivity contribution in [1.82, 2.24) is 0 Å². The zero-order valence-corrected chi connectivity index (χ0v) is 12.0. The van der Waals surface area contributed by atoms with Crippen molar-refractivity contribution in [3.05, 3.63) is 35.4 Å². The Hall–Kier alpha value is -1.35. The normalized spacial score (nSPS) is 22.6. The molecule has 0 bridgehead atoms. The van der Waals surface area contributed by atoms with Gasteiger partial charge in [0.15, 0.2) is 0 Å². The van der Waals surface area contributed by atoms with E-state index < -0.39 is 11.4 Å². The van der Waals surface area contributed by atoms with Gasteiger partial charge in [0.05, 0.1) is 11.0 Å². The van der Waals surface area contributed by atoms with Crippen LogP contribution in [0.2, 0.25) is 0 Å². The number of carbonyl (C=O) groups is 1. The quantitative estimate of drug-likeness (QED) is 0.896. The van der Waals surface area contributed by atoms with Gasteiger partial charge in [-0.25, -0.2) is 0 Å². The Morgan fingerprint density at radius 3 is 2.20 bits per heavy atom. The lowest BCUT2D eigenvalue weighted by Crippen LogP contribution is -2.32. The third-order valence-corrected chi connectivity index (χ3v) is 5.14. The SMILES string of the molecule is COC1(Cc2ccc(C3(C(=O)O)CCCC3)cc2)CC1. The van der Waals surface area contributed by atoms with Crippen molar-refractivity contribution in [3.63, 3.8) is 0 Å². The molecule has 3 nitrogen and oxygen atoms in total. The number of hydrogen-bond donors (Lipinski definition) is 1. The number of carboxylic acid groups (broad SMARTS) is 1. The molecule has 0 heterocycles. The molecule has 1 aromatic rings. The van der Waals surface area contributed by atoms with Crippen molar-refractivity contribution in [1.29, 1.82) is 0 Å². The highest BCUT2D eigenvalue weighted by Crippen LogP contribution is 2.43. The molecule has 0 atom stereocenters. The van der Waals surface area contributed by atoms with Gasteiger partial charge in [-0.2, -0.15) is 0 Å². The average molecular weight is 274 g/mol. The lowest BCUT2D eigenvalue weighted by Gasteiger charge is -2.24. The maximum absolute atomic E-state index is 11.7. The molecule has 2 aliphatic rings. The van der Waals surface area contributed by atoms with Crippen molar-refractivity contribution < 1.29 is 14.6 Å². The molecule has 0 radical (unpaired) electrons. The number of rotatable bonds is 5. The average Bonchev–Trinajstić information content (AvgIpc) is 3.04. The van der Waals surface area contributed by atoms with E-state index in [1.807, 2.05) is 12.1 Å². The van der Waals surface area contributed by atoms with Gasteiger partial charge in [0.2, 0.25) is 0 Å². The van der Waals surface area contributed by atoms with E-state index in [4.69, 9.17) is 4.74 Å². The summed E-state index contributed by atoms with van der Waals surface area (Å²) in [5.41, 5.74) is 1.62. The molecule has 108 valence electrons. The summed E-state index contributed by atoms with van der Waals surface area (Å²) in [6.07, 6.45) is 6.76. The van der Waals surface area contributed by atoms with Gasteiger partial charge in [-0.1, -0.05) is 37.1 Å². The second-order valence-electron chi connectivity index (χ2n) is 6.36. The van der Waals surface area contributed by atoms with E-state index in [-0.39, 0.29) is 5.60 Å². The molecule has 1 aromatic carbocycles. The Labute approximate surface area is 120 Å². The van der Waals surface area contributed by atoms with E-state index >= 15 is 0 Å². The monoisotopic (exact) mass is 274 g/mol. The molecular formula is C17H22O3. The second kappa shape index (κ2) is 4.88. The van der Waals surface area contributed by atoms with Gasteiger partial charge >= 0.3 is 5.97 Å². The highest BCUT2D eigenvalue weighted by atomic mass is 16.5. The first-order chi connectivity index (χ1) is 9.60. The number of ether oxygens (including phenoxy) is 1. The van der Waals surface area contributed by atoms with Crippen molar-refractivity contribution in [2.75, 3.05) is 7.11 Å². The summed E-state index contributed by atoms with van der Waals surface area (Å²) < 4.78 is 5.55. The zero-order chi connectivity index (χ0) is 14.2. The fraction of sp³-hybridized carbons (Fsp3) is 0.588. The van der Waals surface area contributed by atoms with E-state index in [9.17, 15) is 9.90 Å². The van der Waals surface area contributed by atoms with Crippen molar-refractivity contribution in [2.24, 2.45) is 0 Å². The van der Waals surface area contributed by atoms with Crippen LogP contribution < -0.4 is 0 Å². The predicted octanol–water partition coefficient (Wildman–Crippen LogP) is 3.30. The standard InChI is InChI=1S/C17H22O3/c1-20-16(10-11-16)12-13-4-6-14(7-5-13)17(15(18)19)8-2-3-9-17/h4-7H,2-3,8-12H2,1H3,(H,18,19). The van der Waals surface area contributed by atoms with E-state index in [1.54, 1.807) is 7.11 Å². The number of hydrogen-bond acceptors (Lipinski definition) is 2. The molecule has 2 saturated carbocycles. The van der Waals surface area contributed by atoms with Gasteiger partial charge in [0, 0.05) is 13.5 Å². The minimum absolute atomic E-state index is 0.0549. The number of carboxylic acids is 1. The van der Waals surface area contributed by atoms with Crippen LogP contribution in [0.3, 0.4) is 0 Å². The molecule has 0 aromatic heterocycles. The van der Waals surface area contributed by atoms with Crippen LogP contribution >= 0.6 is 0 Å². The zero-order valence-electron chi connectivity index (χ0n) is 12.0. The maximum atomic E-state index is 11.7. The summed E-state index contributed by atoms with van der Waals surface area (Å²) >= 11 is 0. The molecule has 1 N–H and O–H groups in total. The van der Waals surface area contributed by atoms with Gasteiger partial charge < -0.3 is 9.84 Å². The molecule has 20 heavy (non-hydrogen) atoms. The smallest absolute Gasteiger partial charge is 0.314 e. The Balaban J connectivity index is 1.80. The predicted molar refractivity (Wildman–Crippen MR) is 76.9 cm³/mol. The van der Waals surface area contributed by atoms with E-state index in [1.165, 1.54) is 5.56 Å². The van der Waals surface area contributed by atoms with Gasteiger partial charge in [-0.15, -0.1) is 0 Å². The number of benzene rings is 1. The third-order valence-electron chi connectivity index (χ3n) is 5.14. The van der Waals surface area contributed by atoms with Crippen LogP contribution in [0.15, 0.2) is 24.3 Å². The number of aliphatic carboxylic acids is 1. The Bertz CT molecular complexity index is 493. The summed E-state index contributed by atoms with van der Waals surface area (Å²) in [5.74, 6) is -0.668. The summed E-state index contributed by atoms with van der Waals surface area (Å²) in [6, 6.07) is 8.19. The molecular weight excluding hydrogens is 252 g/mol.